The van der Waals surface area contributed by atoms with Gasteiger partial charge in [-0.1, -0.05) is 13.8 Å². The predicted octanol–water partition coefficient (Wildman–Crippen LogP) is 2.76. The Morgan fingerprint density at radius 1 is 1.29 bits per heavy atom. The van der Waals surface area contributed by atoms with Gasteiger partial charge in [0.1, 0.15) is 11.6 Å². The van der Waals surface area contributed by atoms with Gasteiger partial charge in [-0.05, 0) is 25.5 Å². The van der Waals surface area contributed by atoms with Crippen LogP contribution in [0, 0.1) is 12.8 Å². The molecule has 0 radical (unpaired) electrons. The summed E-state index contributed by atoms with van der Waals surface area (Å²) in [6.07, 6.45) is 5.37. The first-order valence-electron chi connectivity index (χ1n) is 7.32. The number of anilines is 1. The topological polar surface area (TPSA) is 54.2 Å². The second kappa shape index (κ2) is 7.22. The van der Waals surface area contributed by atoms with Gasteiger partial charge in [0.2, 0.25) is 0 Å². The van der Waals surface area contributed by atoms with E-state index in [0.29, 0.717) is 5.92 Å². The zero-order valence-electron chi connectivity index (χ0n) is 13.3. The monoisotopic (exact) mass is 288 g/mol. The second-order valence-electron chi connectivity index (χ2n) is 5.75. The van der Waals surface area contributed by atoms with E-state index in [1.54, 1.807) is 6.26 Å². The van der Waals surface area contributed by atoms with Crippen molar-refractivity contribution in [3.8, 4) is 0 Å². The molecule has 0 saturated carbocycles. The Hall–Kier alpha value is -1.88. The standard InChI is InChI=1S/C16H24N4O/c1-12(2)7-17-8-15-9-19-16(10-18-15)20(4)11-14-5-6-21-13(14)3/h5-6,9-10,12,17H,7-8,11H2,1-4H3. The first kappa shape index (κ1) is 15.5. The third-order valence-corrected chi connectivity index (χ3v) is 3.32. The van der Waals surface area contributed by atoms with Crippen molar-refractivity contribution in [1.29, 1.82) is 0 Å². The fourth-order valence-electron chi connectivity index (χ4n) is 2.04. The number of nitrogens with zero attached hydrogens (tertiary/aromatic N) is 3. The number of hydrogen-bond acceptors (Lipinski definition) is 5. The molecule has 114 valence electrons. The summed E-state index contributed by atoms with van der Waals surface area (Å²) in [5, 5.41) is 3.37. The fourth-order valence-corrected chi connectivity index (χ4v) is 2.04. The Balaban J connectivity index is 1.90. The van der Waals surface area contributed by atoms with E-state index in [0.717, 1.165) is 36.9 Å². The summed E-state index contributed by atoms with van der Waals surface area (Å²) in [5.74, 6) is 2.45. The molecular formula is C16H24N4O. The van der Waals surface area contributed by atoms with E-state index in [4.69, 9.17) is 4.42 Å². The van der Waals surface area contributed by atoms with Gasteiger partial charge in [-0.2, -0.15) is 0 Å². The lowest BCUT2D eigenvalue weighted by molar-refractivity contribution is 0.529. The van der Waals surface area contributed by atoms with Crippen LogP contribution in [-0.4, -0.2) is 23.6 Å². The molecule has 5 nitrogen and oxygen atoms in total. The smallest absolute Gasteiger partial charge is 0.147 e. The van der Waals surface area contributed by atoms with Gasteiger partial charge in [0, 0.05) is 25.7 Å². The van der Waals surface area contributed by atoms with Crippen LogP contribution in [0.2, 0.25) is 0 Å². The molecule has 0 aromatic carbocycles. The van der Waals surface area contributed by atoms with Crippen LogP contribution in [0.5, 0.6) is 0 Å². The Morgan fingerprint density at radius 2 is 2.10 bits per heavy atom. The molecule has 0 fully saturated rings. The largest absolute Gasteiger partial charge is 0.469 e. The van der Waals surface area contributed by atoms with Crippen molar-refractivity contribution >= 4 is 5.82 Å². The molecule has 0 saturated heterocycles. The highest BCUT2D eigenvalue weighted by molar-refractivity contribution is 5.36. The molecule has 0 aliphatic rings. The molecule has 0 unspecified atom stereocenters. The molecule has 21 heavy (non-hydrogen) atoms. The van der Waals surface area contributed by atoms with Crippen molar-refractivity contribution in [2.24, 2.45) is 5.92 Å². The molecule has 0 bridgehead atoms. The van der Waals surface area contributed by atoms with Gasteiger partial charge < -0.3 is 14.6 Å². The first-order valence-corrected chi connectivity index (χ1v) is 7.32. The zero-order chi connectivity index (χ0) is 15.2. The summed E-state index contributed by atoms with van der Waals surface area (Å²) in [7, 11) is 2.01. The van der Waals surface area contributed by atoms with Gasteiger partial charge in [0.25, 0.3) is 0 Å². The van der Waals surface area contributed by atoms with Crippen molar-refractivity contribution in [2.45, 2.75) is 33.9 Å². The molecule has 2 rings (SSSR count). The number of rotatable bonds is 7. The van der Waals surface area contributed by atoms with Crippen molar-refractivity contribution in [3.63, 3.8) is 0 Å². The van der Waals surface area contributed by atoms with Crippen molar-refractivity contribution < 1.29 is 4.42 Å². The Morgan fingerprint density at radius 3 is 2.67 bits per heavy atom. The summed E-state index contributed by atoms with van der Waals surface area (Å²) >= 11 is 0. The van der Waals surface area contributed by atoms with Crippen LogP contribution in [0.4, 0.5) is 5.82 Å². The van der Waals surface area contributed by atoms with Crippen LogP contribution < -0.4 is 10.2 Å². The minimum absolute atomic E-state index is 0.640. The van der Waals surface area contributed by atoms with Crippen LogP contribution in [-0.2, 0) is 13.1 Å². The van der Waals surface area contributed by atoms with E-state index >= 15 is 0 Å². The van der Waals surface area contributed by atoms with Gasteiger partial charge in [-0.25, -0.2) is 4.98 Å². The summed E-state index contributed by atoms with van der Waals surface area (Å²) in [5.41, 5.74) is 2.13. The Labute approximate surface area is 126 Å². The van der Waals surface area contributed by atoms with Crippen LogP contribution >= 0.6 is 0 Å². The van der Waals surface area contributed by atoms with Crippen LogP contribution in [0.1, 0.15) is 30.9 Å². The van der Waals surface area contributed by atoms with Crippen molar-refractivity contribution in [2.75, 3.05) is 18.5 Å². The SMILES string of the molecule is Cc1occc1CN(C)c1cnc(CNCC(C)C)cn1. The third-order valence-electron chi connectivity index (χ3n) is 3.32. The summed E-state index contributed by atoms with van der Waals surface area (Å²) in [4.78, 5) is 11.0. The number of hydrogen-bond donors (Lipinski definition) is 1. The molecule has 2 aromatic rings. The Kier molecular flexibility index (Phi) is 5.33. The van der Waals surface area contributed by atoms with E-state index in [-0.39, 0.29) is 0 Å². The summed E-state index contributed by atoms with van der Waals surface area (Å²) < 4.78 is 5.31. The van der Waals surface area contributed by atoms with Crippen LogP contribution in [0.3, 0.4) is 0 Å². The van der Waals surface area contributed by atoms with Crippen molar-refractivity contribution in [3.05, 3.63) is 41.7 Å². The van der Waals surface area contributed by atoms with Crippen LogP contribution in [0.25, 0.3) is 0 Å². The lowest BCUT2D eigenvalue weighted by atomic mass is 10.2. The summed E-state index contributed by atoms with van der Waals surface area (Å²) in [6.45, 7) is 8.86. The molecule has 0 amide bonds. The molecule has 2 aromatic heterocycles. The van der Waals surface area contributed by atoms with E-state index in [9.17, 15) is 0 Å². The number of aromatic nitrogens is 2. The molecule has 5 heteroatoms. The average molecular weight is 288 g/mol. The van der Waals surface area contributed by atoms with Crippen LogP contribution in [0.15, 0.2) is 29.1 Å². The van der Waals surface area contributed by atoms with Crippen molar-refractivity contribution in [1.82, 2.24) is 15.3 Å². The molecule has 0 aliphatic heterocycles. The van der Waals surface area contributed by atoms with E-state index in [1.165, 1.54) is 5.56 Å². The van der Waals surface area contributed by atoms with Gasteiger partial charge in [-0.15, -0.1) is 0 Å². The van der Waals surface area contributed by atoms with Gasteiger partial charge >= 0.3 is 0 Å². The van der Waals surface area contributed by atoms with E-state index in [2.05, 4.69) is 34.0 Å². The zero-order valence-corrected chi connectivity index (χ0v) is 13.3. The maximum atomic E-state index is 5.31. The highest BCUT2D eigenvalue weighted by Crippen LogP contribution is 2.15. The quantitative estimate of drug-likeness (QED) is 0.849. The third kappa shape index (κ3) is 4.56. The molecule has 0 aliphatic carbocycles. The maximum absolute atomic E-state index is 5.31. The molecule has 1 N–H and O–H groups in total. The average Bonchev–Trinajstić information content (AvgIpc) is 2.84. The molecule has 2 heterocycles. The minimum Gasteiger partial charge on any atom is -0.469 e. The number of aryl methyl sites for hydroxylation is 1. The molecule has 0 atom stereocenters. The fraction of sp³-hybridized carbons (Fsp3) is 0.500. The summed E-state index contributed by atoms with van der Waals surface area (Å²) in [6, 6.07) is 1.99. The van der Waals surface area contributed by atoms with E-state index < -0.39 is 0 Å². The highest BCUT2D eigenvalue weighted by Gasteiger charge is 2.08. The number of furan rings is 1. The second-order valence-corrected chi connectivity index (χ2v) is 5.75. The van der Waals surface area contributed by atoms with Gasteiger partial charge in [-0.3, -0.25) is 4.98 Å². The lowest BCUT2D eigenvalue weighted by Gasteiger charge is -2.17. The Bertz CT molecular complexity index is 548. The highest BCUT2D eigenvalue weighted by atomic mass is 16.3. The van der Waals surface area contributed by atoms with E-state index in [1.807, 2.05) is 32.4 Å². The van der Waals surface area contributed by atoms with Gasteiger partial charge in [0.15, 0.2) is 0 Å². The maximum Gasteiger partial charge on any atom is 0.147 e. The normalized spacial score (nSPS) is 11.1. The lowest BCUT2D eigenvalue weighted by Crippen LogP contribution is -2.21. The van der Waals surface area contributed by atoms with Gasteiger partial charge in [0.05, 0.1) is 24.4 Å². The molecule has 0 spiro atoms. The minimum atomic E-state index is 0.640. The first-order chi connectivity index (χ1) is 10.1. The predicted molar refractivity (Wildman–Crippen MR) is 84.1 cm³/mol. The number of nitrogens with one attached hydrogen (secondary N) is 1. The molecular weight excluding hydrogens is 264 g/mol.